The zero-order valence-electron chi connectivity index (χ0n) is 15.3. The van der Waals surface area contributed by atoms with E-state index in [0.717, 1.165) is 59.3 Å². The third-order valence-corrected chi connectivity index (χ3v) is 5.17. The first-order chi connectivity index (χ1) is 12.6. The molecule has 0 radical (unpaired) electrons. The molecule has 136 valence electrons. The zero-order chi connectivity index (χ0) is 18.1. The standard InChI is InChI=1S/C22H24O4/c1-14-10-19-22(18(23)13-25-19)15(2)21(14)17-7-5-6-16(11-17)12-26-20-8-3-4-9-24-20/h5-7,10-11,20H,3-4,8-9,12-13H2,1-2H3. The molecule has 2 aliphatic heterocycles. The molecule has 2 heterocycles. The lowest BCUT2D eigenvalue weighted by Gasteiger charge is -2.22. The van der Waals surface area contributed by atoms with Crippen molar-refractivity contribution in [1.29, 1.82) is 0 Å². The van der Waals surface area contributed by atoms with Crippen molar-refractivity contribution in [2.75, 3.05) is 13.2 Å². The Bertz CT molecular complexity index is 834. The second-order valence-corrected chi connectivity index (χ2v) is 7.09. The minimum absolute atomic E-state index is 0.0627. The number of Topliss-reactive ketones (excluding diaryl/α,β-unsaturated/α-hetero) is 1. The van der Waals surface area contributed by atoms with E-state index in [2.05, 4.69) is 25.1 Å². The van der Waals surface area contributed by atoms with Crippen LogP contribution in [-0.2, 0) is 16.1 Å². The van der Waals surface area contributed by atoms with Crippen LogP contribution in [0, 0.1) is 13.8 Å². The number of benzene rings is 2. The number of fused-ring (bicyclic) bond motifs is 1. The van der Waals surface area contributed by atoms with Crippen LogP contribution in [0.5, 0.6) is 5.75 Å². The Morgan fingerprint density at radius 2 is 2.04 bits per heavy atom. The fourth-order valence-corrected chi connectivity index (χ4v) is 3.91. The Hall–Kier alpha value is -2.17. The van der Waals surface area contributed by atoms with Crippen LogP contribution in [0.25, 0.3) is 11.1 Å². The van der Waals surface area contributed by atoms with E-state index in [1.54, 1.807) is 0 Å². The van der Waals surface area contributed by atoms with Gasteiger partial charge in [0.1, 0.15) is 5.75 Å². The molecule has 4 heteroatoms. The molecule has 2 aromatic carbocycles. The quantitative estimate of drug-likeness (QED) is 0.807. The van der Waals surface area contributed by atoms with Crippen molar-refractivity contribution in [1.82, 2.24) is 0 Å². The summed E-state index contributed by atoms with van der Waals surface area (Å²) in [5.74, 6) is 0.773. The van der Waals surface area contributed by atoms with Gasteiger partial charge in [0.25, 0.3) is 0 Å². The van der Waals surface area contributed by atoms with Crippen molar-refractivity contribution in [3.63, 3.8) is 0 Å². The highest BCUT2D eigenvalue weighted by atomic mass is 16.7. The number of carbonyl (C=O) groups excluding carboxylic acids is 1. The number of ether oxygens (including phenoxy) is 3. The molecule has 0 aromatic heterocycles. The van der Waals surface area contributed by atoms with Gasteiger partial charge in [-0.05, 0) is 73.1 Å². The van der Waals surface area contributed by atoms with Crippen LogP contribution in [0.1, 0.15) is 46.3 Å². The van der Waals surface area contributed by atoms with E-state index in [0.29, 0.717) is 12.4 Å². The molecule has 0 amide bonds. The Morgan fingerprint density at radius 3 is 2.85 bits per heavy atom. The first-order valence-corrected chi connectivity index (χ1v) is 9.26. The maximum atomic E-state index is 12.2. The number of hydrogen-bond donors (Lipinski definition) is 0. The van der Waals surface area contributed by atoms with Crippen LogP contribution in [0.15, 0.2) is 30.3 Å². The Kier molecular flexibility index (Phi) is 4.79. The molecule has 0 saturated carbocycles. The molecule has 1 saturated heterocycles. The van der Waals surface area contributed by atoms with E-state index >= 15 is 0 Å². The van der Waals surface area contributed by atoms with Gasteiger partial charge < -0.3 is 14.2 Å². The second kappa shape index (κ2) is 7.22. The zero-order valence-corrected chi connectivity index (χ0v) is 15.3. The second-order valence-electron chi connectivity index (χ2n) is 7.09. The summed E-state index contributed by atoms with van der Waals surface area (Å²) in [5, 5.41) is 0. The molecule has 1 unspecified atom stereocenters. The van der Waals surface area contributed by atoms with Crippen molar-refractivity contribution >= 4 is 5.78 Å². The lowest BCUT2D eigenvalue weighted by molar-refractivity contribution is -0.168. The number of rotatable bonds is 4. The number of carbonyl (C=O) groups is 1. The lowest BCUT2D eigenvalue weighted by atomic mass is 9.90. The van der Waals surface area contributed by atoms with Crippen molar-refractivity contribution in [3.8, 4) is 16.9 Å². The fourth-order valence-electron chi connectivity index (χ4n) is 3.91. The highest BCUT2D eigenvalue weighted by Crippen LogP contribution is 2.38. The Labute approximate surface area is 154 Å². The van der Waals surface area contributed by atoms with Gasteiger partial charge in [0.2, 0.25) is 5.78 Å². The van der Waals surface area contributed by atoms with Crippen LogP contribution < -0.4 is 4.74 Å². The summed E-state index contributed by atoms with van der Waals surface area (Å²) >= 11 is 0. The predicted octanol–water partition coefficient (Wildman–Crippen LogP) is 4.59. The van der Waals surface area contributed by atoms with Crippen molar-refractivity contribution in [2.24, 2.45) is 0 Å². The molecule has 4 nitrogen and oxygen atoms in total. The van der Waals surface area contributed by atoms with Gasteiger partial charge in [-0.25, -0.2) is 0 Å². The molecule has 1 fully saturated rings. The van der Waals surface area contributed by atoms with Gasteiger partial charge in [0.05, 0.1) is 12.2 Å². The highest BCUT2D eigenvalue weighted by molar-refractivity contribution is 6.05. The maximum absolute atomic E-state index is 12.2. The summed E-state index contributed by atoms with van der Waals surface area (Å²) in [5.41, 5.74) is 6.16. The molecule has 0 aliphatic carbocycles. The molecular weight excluding hydrogens is 328 g/mol. The van der Waals surface area contributed by atoms with Crippen LogP contribution in [0.4, 0.5) is 0 Å². The molecule has 2 aromatic rings. The number of aryl methyl sites for hydroxylation is 1. The Balaban J connectivity index is 1.60. The van der Waals surface area contributed by atoms with Gasteiger partial charge >= 0.3 is 0 Å². The molecule has 1 atom stereocenters. The third kappa shape index (κ3) is 3.27. The van der Waals surface area contributed by atoms with E-state index < -0.39 is 0 Å². The summed E-state index contributed by atoms with van der Waals surface area (Å²) in [4.78, 5) is 12.2. The summed E-state index contributed by atoms with van der Waals surface area (Å²) in [7, 11) is 0. The molecule has 0 bridgehead atoms. The number of hydrogen-bond acceptors (Lipinski definition) is 4. The molecular formula is C22H24O4. The third-order valence-electron chi connectivity index (χ3n) is 5.17. The normalized spacial score (nSPS) is 19.3. The van der Waals surface area contributed by atoms with E-state index in [1.807, 2.05) is 19.1 Å². The van der Waals surface area contributed by atoms with E-state index in [1.165, 1.54) is 0 Å². The minimum atomic E-state index is -0.0920. The topological polar surface area (TPSA) is 44.8 Å². The number of ketones is 1. The van der Waals surface area contributed by atoms with Crippen LogP contribution in [-0.4, -0.2) is 25.3 Å². The molecule has 2 aliphatic rings. The predicted molar refractivity (Wildman–Crippen MR) is 99.6 cm³/mol. The van der Waals surface area contributed by atoms with Gasteiger partial charge in [-0.3, -0.25) is 4.79 Å². The van der Waals surface area contributed by atoms with E-state index in [-0.39, 0.29) is 18.7 Å². The average molecular weight is 352 g/mol. The largest absolute Gasteiger partial charge is 0.485 e. The Morgan fingerprint density at radius 1 is 1.15 bits per heavy atom. The van der Waals surface area contributed by atoms with Gasteiger partial charge in [-0.15, -0.1) is 0 Å². The smallest absolute Gasteiger partial charge is 0.204 e. The highest BCUT2D eigenvalue weighted by Gasteiger charge is 2.26. The molecule has 4 rings (SSSR count). The van der Waals surface area contributed by atoms with Gasteiger partial charge in [-0.2, -0.15) is 0 Å². The summed E-state index contributed by atoms with van der Waals surface area (Å²) < 4.78 is 17.1. The maximum Gasteiger partial charge on any atom is 0.204 e. The van der Waals surface area contributed by atoms with Gasteiger partial charge in [0, 0.05) is 6.61 Å². The van der Waals surface area contributed by atoms with Crippen molar-refractivity contribution in [3.05, 3.63) is 52.6 Å². The van der Waals surface area contributed by atoms with Crippen molar-refractivity contribution < 1.29 is 19.0 Å². The lowest BCUT2D eigenvalue weighted by Crippen LogP contribution is -2.21. The molecule has 0 spiro atoms. The van der Waals surface area contributed by atoms with E-state index in [4.69, 9.17) is 14.2 Å². The summed E-state index contributed by atoms with van der Waals surface area (Å²) in [6.07, 6.45) is 3.15. The first kappa shape index (κ1) is 17.3. The van der Waals surface area contributed by atoms with Crippen LogP contribution in [0.3, 0.4) is 0 Å². The summed E-state index contributed by atoms with van der Waals surface area (Å²) in [6, 6.07) is 10.3. The van der Waals surface area contributed by atoms with Gasteiger partial charge in [0.15, 0.2) is 12.9 Å². The molecule has 0 N–H and O–H groups in total. The SMILES string of the molecule is Cc1cc2c(c(C)c1-c1cccc(COC3CCCCO3)c1)C(=O)CO2. The van der Waals surface area contributed by atoms with Crippen molar-refractivity contribution in [2.45, 2.75) is 46.0 Å². The van der Waals surface area contributed by atoms with Crippen LogP contribution in [0.2, 0.25) is 0 Å². The fraction of sp³-hybridized carbons (Fsp3) is 0.409. The van der Waals surface area contributed by atoms with E-state index in [9.17, 15) is 4.79 Å². The average Bonchev–Trinajstić information content (AvgIpc) is 3.02. The monoisotopic (exact) mass is 352 g/mol. The minimum Gasteiger partial charge on any atom is -0.485 e. The first-order valence-electron chi connectivity index (χ1n) is 9.26. The summed E-state index contributed by atoms with van der Waals surface area (Å²) in [6.45, 7) is 5.53. The molecule has 26 heavy (non-hydrogen) atoms. The van der Waals surface area contributed by atoms with Gasteiger partial charge in [-0.1, -0.05) is 18.2 Å². The van der Waals surface area contributed by atoms with Crippen LogP contribution >= 0.6 is 0 Å².